The minimum atomic E-state index is 0.446. The van der Waals surface area contributed by atoms with E-state index in [-0.39, 0.29) is 0 Å². The van der Waals surface area contributed by atoms with E-state index in [1.54, 1.807) is 6.07 Å². The molecule has 0 bridgehead atoms. The van der Waals surface area contributed by atoms with Crippen LogP contribution in [-0.2, 0) is 6.61 Å². The zero-order chi connectivity index (χ0) is 14.7. The highest BCUT2D eigenvalue weighted by atomic mass is 35.5. The van der Waals surface area contributed by atoms with Gasteiger partial charge in [0.2, 0.25) is 0 Å². The average Bonchev–Trinajstić information content (AvgIpc) is 2.39. The van der Waals surface area contributed by atoms with Gasteiger partial charge in [0.15, 0.2) is 0 Å². The number of aryl methyl sites for hydroxylation is 1. The molecular weight excluding hydrogens is 270 g/mol. The predicted molar refractivity (Wildman–Crippen MR) is 85.5 cm³/mol. The summed E-state index contributed by atoms with van der Waals surface area (Å²) in [5, 5.41) is 0.641. The lowest BCUT2D eigenvalue weighted by molar-refractivity contribution is 0.304. The smallest absolute Gasteiger partial charge is 0.123 e. The SMILES string of the molecule is Cc1ccc(C(C)C)cc1OCc1ccc(N)cc1Cl. The molecule has 2 N–H and O–H groups in total. The van der Waals surface area contributed by atoms with Crippen molar-refractivity contribution < 1.29 is 4.74 Å². The minimum Gasteiger partial charge on any atom is -0.489 e. The molecule has 2 nitrogen and oxygen atoms in total. The van der Waals surface area contributed by atoms with Gasteiger partial charge in [-0.15, -0.1) is 0 Å². The van der Waals surface area contributed by atoms with Crippen LogP contribution in [0, 0.1) is 6.92 Å². The number of nitrogens with two attached hydrogens (primary N) is 1. The highest BCUT2D eigenvalue weighted by molar-refractivity contribution is 6.31. The van der Waals surface area contributed by atoms with Crippen LogP contribution in [-0.4, -0.2) is 0 Å². The first-order chi connectivity index (χ1) is 9.47. The summed E-state index contributed by atoms with van der Waals surface area (Å²) in [6, 6.07) is 11.8. The molecule has 0 fully saturated rings. The zero-order valence-electron chi connectivity index (χ0n) is 12.1. The lowest BCUT2D eigenvalue weighted by Gasteiger charge is -2.13. The van der Waals surface area contributed by atoms with Gasteiger partial charge < -0.3 is 10.5 Å². The fourth-order valence-electron chi connectivity index (χ4n) is 1.97. The molecule has 0 aliphatic heterocycles. The Morgan fingerprint density at radius 1 is 1.15 bits per heavy atom. The van der Waals surface area contributed by atoms with E-state index < -0.39 is 0 Å². The maximum absolute atomic E-state index is 6.16. The standard InChI is InChI=1S/C17H20ClNO/c1-11(2)13-5-4-12(3)17(8-13)20-10-14-6-7-15(19)9-16(14)18/h4-9,11H,10,19H2,1-3H3. The molecule has 0 saturated heterocycles. The third-order valence-electron chi connectivity index (χ3n) is 3.34. The van der Waals surface area contributed by atoms with E-state index in [1.165, 1.54) is 5.56 Å². The number of rotatable bonds is 4. The van der Waals surface area contributed by atoms with Gasteiger partial charge in [-0.05, 0) is 42.2 Å². The molecule has 0 heterocycles. The van der Waals surface area contributed by atoms with E-state index in [9.17, 15) is 0 Å². The first kappa shape index (κ1) is 14.7. The molecule has 0 atom stereocenters. The van der Waals surface area contributed by atoms with Gasteiger partial charge in [0, 0.05) is 16.3 Å². The minimum absolute atomic E-state index is 0.446. The number of benzene rings is 2. The Morgan fingerprint density at radius 3 is 2.55 bits per heavy atom. The lowest BCUT2D eigenvalue weighted by atomic mass is 10.0. The highest BCUT2D eigenvalue weighted by Gasteiger charge is 2.07. The summed E-state index contributed by atoms with van der Waals surface area (Å²) in [6.45, 7) is 6.84. The number of hydrogen-bond donors (Lipinski definition) is 1. The van der Waals surface area contributed by atoms with Crippen LogP contribution in [0.3, 0.4) is 0 Å². The summed E-state index contributed by atoms with van der Waals surface area (Å²) in [7, 11) is 0. The van der Waals surface area contributed by atoms with Crippen LogP contribution in [0.2, 0.25) is 5.02 Å². The van der Waals surface area contributed by atoms with Crippen LogP contribution < -0.4 is 10.5 Å². The van der Waals surface area contributed by atoms with Crippen molar-refractivity contribution in [2.45, 2.75) is 33.3 Å². The first-order valence-corrected chi connectivity index (χ1v) is 7.12. The topological polar surface area (TPSA) is 35.2 Å². The molecular formula is C17H20ClNO. The molecule has 0 unspecified atom stereocenters. The van der Waals surface area contributed by atoms with Crippen molar-refractivity contribution in [1.29, 1.82) is 0 Å². The van der Waals surface area contributed by atoms with E-state index in [1.807, 2.05) is 19.1 Å². The second-order valence-electron chi connectivity index (χ2n) is 5.32. The van der Waals surface area contributed by atoms with Gasteiger partial charge >= 0.3 is 0 Å². The van der Waals surface area contributed by atoms with Crippen molar-refractivity contribution in [2.75, 3.05) is 5.73 Å². The Labute approximate surface area is 125 Å². The fraction of sp³-hybridized carbons (Fsp3) is 0.294. The van der Waals surface area contributed by atoms with Crippen LogP contribution >= 0.6 is 11.6 Å². The van der Waals surface area contributed by atoms with E-state index in [4.69, 9.17) is 22.1 Å². The van der Waals surface area contributed by atoms with Gasteiger partial charge in [-0.1, -0.05) is 43.6 Å². The average molecular weight is 290 g/mol. The second kappa shape index (κ2) is 6.19. The van der Waals surface area contributed by atoms with Crippen molar-refractivity contribution >= 4 is 17.3 Å². The largest absolute Gasteiger partial charge is 0.489 e. The summed E-state index contributed by atoms with van der Waals surface area (Å²) in [4.78, 5) is 0. The van der Waals surface area contributed by atoms with Gasteiger partial charge in [0.05, 0.1) is 0 Å². The van der Waals surface area contributed by atoms with Crippen LogP contribution in [0.15, 0.2) is 36.4 Å². The molecule has 3 heteroatoms. The Morgan fingerprint density at radius 2 is 1.90 bits per heavy atom. The zero-order valence-corrected chi connectivity index (χ0v) is 12.9. The van der Waals surface area contributed by atoms with Gasteiger partial charge in [0.25, 0.3) is 0 Å². The maximum atomic E-state index is 6.16. The summed E-state index contributed by atoms with van der Waals surface area (Å²) in [5.74, 6) is 1.39. The van der Waals surface area contributed by atoms with Gasteiger partial charge in [-0.2, -0.15) is 0 Å². The van der Waals surface area contributed by atoms with Gasteiger partial charge in [0.1, 0.15) is 12.4 Å². The third kappa shape index (κ3) is 3.45. The molecule has 2 aromatic carbocycles. The Balaban J connectivity index is 2.16. The number of anilines is 1. The molecule has 2 aromatic rings. The third-order valence-corrected chi connectivity index (χ3v) is 3.69. The van der Waals surface area contributed by atoms with Crippen LogP contribution in [0.25, 0.3) is 0 Å². The predicted octanol–water partition coefficient (Wildman–Crippen LogP) is 4.93. The number of nitrogen functional groups attached to an aromatic ring is 1. The molecule has 0 aromatic heterocycles. The van der Waals surface area contributed by atoms with Crippen LogP contribution in [0.5, 0.6) is 5.75 Å². The van der Waals surface area contributed by atoms with Crippen molar-refractivity contribution in [2.24, 2.45) is 0 Å². The molecule has 0 amide bonds. The molecule has 0 radical (unpaired) electrons. The summed E-state index contributed by atoms with van der Waals surface area (Å²) in [6.07, 6.45) is 0. The Bertz CT molecular complexity index is 608. The molecule has 0 spiro atoms. The van der Waals surface area contributed by atoms with Crippen LogP contribution in [0.1, 0.15) is 36.5 Å². The lowest BCUT2D eigenvalue weighted by Crippen LogP contribution is -2.00. The van der Waals surface area contributed by atoms with Gasteiger partial charge in [-0.25, -0.2) is 0 Å². The van der Waals surface area contributed by atoms with Crippen molar-refractivity contribution in [3.63, 3.8) is 0 Å². The summed E-state index contributed by atoms with van der Waals surface area (Å²) < 4.78 is 5.91. The Hall–Kier alpha value is -1.67. The summed E-state index contributed by atoms with van der Waals surface area (Å²) >= 11 is 6.16. The molecule has 2 rings (SSSR count). The molecule has 0 aliphatic rings. The number of halogens is 1. The number of ether oxygens (including phenoxy) is 1. The monoisotopic (exact) mass is 289 g/mol. The molecule has 106 valence electrons. The van der Waals surface area contributed by atoms with Crippen molar-refractivity contribution in [3.05, 3.63) is 58.1 Å². The molecule has 20 heavy (non-hydrogen) atoms. The number of hydrogen-bond acceptors (Lipinski definition) is 2. The maximum Gasteiger partial charge on any atom is 0.123 e. The van der Waals surface area contributed by atoms with Crippen molar-refractivity contribution in [1.82, 2.24) is 0 Å². The van der Waals surface area contributed by atoms with Gasteiger partial charge in [-0.3, -0.25) is 0 Å². The van der Waals surface area contributed by atoms with Crippen LogP contribution in [0.4, 0.5) is 5.69 Å². The summed E-state index contributed by atoms with van der Waals surface area (Å²) in [5.41, 5.74) is 9.69. The normalized spacial score (nSPS) is 10.8. The second-order valence-corrected chi connectivity index (χ2v) is 5.73. The Kier molecular flexibility index (Phi) is 4.56. The fourth-order valence-corrected chi connectivity index (χ4v) is 2.21. The molecule has 0 saturated carbocycles. The van der Waals surface area contributed by atoms with E-state index in [2.05, 4.69) is 32.0 Å². The highest BCUT2D eigenvalue weighted by Crippen LogP contribution is 2.26. The quantitative estimate of drug-likeness (QED) is 0.810. The molecule has 0 aliphatic carbocycles. The van der Waals surface area contributed by atoms with E-state index in [0.717, 1.165) is 16.9 Å². The van der Waals surface area contributed by atoms with Crippen molar-refractivity contribution in [3.8, 4) is 5.75 Å². The first-order valence-electron chi connectivity index (χ1n) is 6.74. The van der Waals surface area contributed by atoms with E-state index in [0.29, 0.717) is 23.2 Å². The van der Waals surface area contributed by atoms with E-state index >= 15 is 0 Å².